The molecule has 0 spiro atoms. The number of hydrogen-bond acceptors (Lipinski definition) is 4. The number of carboxylic acid groups (broad SMARTS) is 2. The third-order valence-electron chi connectivity index (χ3n) is 4.57. The Labute approximate surface area is 146 Å². The van der Waals surface area contributed by atoms with Crippen molar-refractivity contribution < 1.29 is 24.6 Å². The number of nitrogens with one attached hydrogen (secondary N) is 1. The fourth-order valence-electron chi connectivity index (χ4n) is 3.20. The van der Waals surface area contributed by atoms with Gasteiger partial charge in [0.2, 0.25) is 0 Å². The molecule has 1 aliphatic rings. The summed E-state index contributed by atoms with van der Waals surface area (Å²) in [5, 5.41) is 21.4. The molecular weight excluding hydrogens is 324 g/mol. The summed E-state index contributed by atoms with van der Waals surface area (Å²) in [5.74, 6) is -1.29. The Balaban J connectivity index is 1.95. The largest absolute Gasteiger partial charge is 0.480 e. The van der Waals surface area contributed by atoms with E-state index in [2.05, 4.69) is 5.32 Å². The molecule has 0 aliphatic carbocycles. The van der Waals surface area contributed by atoms with Gasteiger partial charge in [-0.05, 0) is 38.2 Å². The number of aliphatic carboxylic acids is 1. The van der Waals surface area contributed by atoms with Crippen LogP contribution in [0.4, 0.5) is 4.79 Å². The average molecular weight is 348 g/mol. The monoisotopic (exact) mass is 348 g/mol. The number of carbonyl (C=O) groups excluding carboxylic acids is 1. The fraction of sp³-hybridized carbons (Fsp3) is 0.500. The normalized spacial score (nSPS) is 19.4. The third-order valence-corrected chi connectivity index (χ3v) is 4.57. The zero-order chi connectivity index (χ0) is 18.4. The molecule has 0 bridgehead atoms. The van der Waals surface area contributed by atoms with Gasteiger partial charge < -0.3 is 10.2 Å². The first kappa shape index (κ1) is 18.9. The summed E-state index contributed by atoms with van der Waals surface area (Å²) >= 11 is 0. The highest BCUT2D eigenvalue weighted by Crippen LogP contribution is 2.19. The van der Waals surface area contributed by atoms with Crippen molar-refractivity contribution in [3.8, 4) is 0 Å². The number of aryl methyl sites for hydroxylation is 1. The maximum atomic E-state index is 12.5. The summed E-state index contributed by atoms with van der Waals surface area (Å²) in [6.07, 6.45) is 0.952. The van der Waals surface area contributed by atoms with Crippen molar-refractivity contribution in [1.29, 1.82) is 0 Å². The molecule has 2 rings (SSSR count). The van der Waals surface area contributed by atoms with Crippen molar-refractivity contribution in [3.05, 3.63) is 35.9 Å². The summed E-state index contributed by atoms with van der Waals surface area (Å²) < 4.78 is 0. The van der Waals surface area contributed by atoms with Gasteiger partial charge in [-0.25, -0.2) is 4.79 Å². The Hall–Kier alpha value is -2.41. The van der Waals surface area contributed by atoms with Crippen molar-refractivity contribution in [2.24, 2.45) is 0 Å². The van der Waals surface area contributed by atoms with Gasteiger partial charge in [0.05, 0.1) is 12.1 Å². The molecule has 0 radical (unpaired) electrons. The maximum absolute atomic E-state index is 12.5. The van der Waals surface area contributed by atoms with Gasteiger partial charge in [-0.1, -0.05) is 30.3 Å². The molecule has 3 N–H and O–H groups in total. The van der Waals surface area contributed by atoms with Gasteiger partial charge >= 0.3 is 12.1 Å². The molecule has 7 heteroatoms. The number of Topliss-reactive ketones (excluding diaryl/α,β-unsaturated/α-hetero) is 1. The summed E-state index contributed by atoms with van der Waals surface area (Å²) in [6, 6.07) is 7.26. The quantitative estimate of drug-likeness (QED) is 0.661. The number of hydrogen-bond donors (Lipinski definition) is 3. The standard InChI is InChI=1S/C18H24N2O5/c1-12(16(21)15-8-5-11-20(15)18(24)25)19-14(17(22)23)10-9-13-6-3-2-4-7-13/h2-4,6-7,12,14-15,19H,5,8-11H2,1H3,(H,22,23)(H,24,25)/t12-,14+,15-/m1/s1. The van der Waals surface area contributed by atoms with Crippen LogP contribution in [-0.2, 0) is 16.0 Å². The minimum Gasteiger partial charge on any atom is -0.480 e. The summed E-state index contributed by atoms with van der Waals surface area (Å²) in [5.41, 5.74) is 1.03. The van der Waals surface area contributed by atoms with Crippen molar-refractivity contribution in [2.75, 3.05) is 6.54 Å². The SMILES string of the molecule is C[C@@H](N[C@@H](CCc1ccccc1)C(=O)O)C(=O)[C@H]1CCCN1C(=O)O. The predicted octanol–water partition coefficient (Wildman–Crippen LogP) is 1.76. The van der Waals surface area contributed by atoms with E-state index in [4.69, 9.17) is 5.11 Å². The Morgan fingerprint density at radius 1 is 1.24 bits per heavy atom. The molecule has 1 amide bonds. The summed E-state index contributed by atoms with van der Waals surface area (Å²) in [7, 11) is 0. The van der Waals surface area contributed by atoms with E-state index in [1.54, 1.807) is 6.92 Å². The number of likely N-dealkylation sites (tertiary alicyclic amines) is 1. The number of carboxylic acids is 1. The first-order valence-electron chi connectivity index (χ1n) is 8.46. The van der Waals surface area contributed by atoms with E-state index in [1.165, 1.54) is 0 Å². The summed E-state index contributed by atoms with van der Waals surface area (Å²) in [6.45, 7) is 1.94. The second kappa shape index (κ2) is 8.62. The van der Waals surface area contributed by atoms with Crippen LogP contribution in [0.5, 0.6) is 0 Å². The van der Waals surface area contributed by atoms with Crippen molar-refractivity contribution >= 4 is 17.8 Å². The molecule has 0 aromatic heterocycles. The lowest BCUT2D eigenvalue weighted by Crippen LogP contribution is -2.52. The Kier molecular flexibility index (Phi) is 6.52. The number of carbonyl (C=O) groups is 3. The van der Waals surface area contributed by atoms with E-state index in [9.17, 15) is 19.5 Å². The third kappa shape index (κ3) is 5.03. The van der Waals surface area contributed by atoms with Crippen LogP contribution in [0.1, 0.15) is 31.7 Å². The van der Waals surface area contributed by atoms with Gasteiger partial charge in [0.25, 0.3) is 0 Å². The molecule has 3 atom stereocenters. The van der Waals surface area contributed by atoms with Crippen LogP contribution in [0.25, 0.3) is 0 Å². The van der Waals surface area contributed by atoms with Crippen LogP contribution in [0.2, 0.25) is 0 Å². The zero-order valence-corrected chi connectivity index (χ0v) is 14.2. The molecule has 1 heterocycles. The molecule has 136 valence electrons. The molecule has 7 nitrogen and oxygen atoms in total. The van der Waals surface area contributed by atoms with Gasteiger partial charge in [0, 0.05) is 6.54 Å². The van der Waals surface area contributed by atoms with Crippen LogP contribution in [-0.4, -0.2) is 57.6 Å². The number of amides is 1. The van der Waals surface area contributed by atoms with Crippen molar-refractivity contribution in [1.82, 2.24) is 10.2 Å². The highest BCUT2D eigenvalue weighted by atomic mass is 16.4. The van der Waals surface area contributed by atoms with E-state index in [0.717, 1.165) is 10.5 Å². The second-order valence-electron chi connectivity index (χ2n) is 6.34. The van der Waals surface area contributed by atoms with Crippen LogP contribution in [0, 0.1) is 0 Å². The highest BCUT2D eigenvalue weighted by molar-refractivity contribution is 5.92. The average Bonchev–Trinajstić information content (AvgIpc) is 3.08. The van der Waals surface area contributed by atoms with E-state index >= 15 is 0 Å². The second-order valence-corrected chi connectivity index (χ2v) is 6.34. The topological polar surface area (TPSA) is 107 Å². The predicted molar refractivity (Wildman–Crippen MR) is 91.5 cm³/mol. The molecule has 0 saturated carbocycles. The molecule has 25 heavy (non-hydrogen) atoms. The number of ketones is 1. The molecular formula is C18H24N2O5. The smallest absolute Gasteiger partial charge is 0.407 e. The van der Waals surface area contributed by atoms with E-state index < -0.39 is 30.2 Å². The maximum Gasteiger partial charge on any atom is 0.407 e. The Morgan fingerprint density at radius 3 is 2.52 bits per heavy atom. The molecule has 1 saturated heterocycles. The van der Waals surface area contributed by atoms with Gasteiger partial charge in [-0.3, -0.25) is 19.8 Å². The van der Waals surface area contributed by atoms with Gasteiger partial charge in [0.1, 0.15) is 6.04 Å². The highest BCUT2D eigenvalue weighted by Gasteiger charge is 2.37. The van der Waals surface area contributed by atoms with Gasteiger partial charge in [-0.15, -0.1) is 0 Å². The van der Waals surface area contributed by atoms with E-state index in [1.807, 2.05) is 30.3 Å². The molecule has 1 fully saturated rings. The fourth-order valence-corrected chi connectivity index (χ4v) is 3.20. The molecule has 1 aromatic carbocycles. The molecule has 1 aliphatic heterocycles. The lowest BCUT2D eigenvalue weighted by Gasteiger charge is -2.25. The Bertz CT molecular complexity index is 619. The lowest BCUT2D eigenvalue weighted by molar-refractivity contribution is -0.140. The van der Waals surface area contributed by atoms with Crippen LogP contribution >= 0.6 is 0 Å². The lowest BCUT2D eigenvalue weighted by atomic mass is 10.0. The van der Waals surface area contributed by atoms with Crippen LogP contribution in [0.15, 0.2) is 30.3 Å². The Morgan fingerprint density at radius 2 is 1.92 bits per heavy atom. The molecule has 1 aromatic rings. The number of rotatable bonds is 8. The molecule has 0 unspecified atom stereocenters. The van der Waals surface area contributed by atoms with Crippen molar-refractivity contribution in [3.63, 3.8) is 0 Å². The zero-order valence-electron chi connectivity index (χ0n) is 14.2. The van der Waals surface area contributed by atoms with Crippen LogP contribution in [0.3, 0.4) is 0 Å². The first-order chi connectivity index (χ1) is 11.9. The van der Waals surface area contributed by atoms with Crippen LogP contribution < -0.4 is 5.32 Å². The van der Waals surface area contributed by atoms with Gasteiger partial charge in [0.15, 0.2) is 5.78 Å². The minimum absolute atomic E-state index is 0.272. The van der Waals surface area contributed by atoms with E-state index in [0.29, 0.717) is 32.2 Å². The number of benzene rings is 1. The minimum atomic E-state index is -1.11. The van der Waals surface area contributed by atoms with Gasteiger partial charge in [-0.2, -0.15) is 0 Å². The number of nitrogens with zero attached hydrogens (tertiary/aromatic N) is 1. The summed E-state index contributed by atoms with van der Waals surface area (Å²) in [4.78, 5) is 36.4. The van der Waals surface area contributed by atoms with Crippen molar-refractivity contribution in [2.45, 2.75) is 50.7 Å². The van der Waals surface area contributed by atoms with E-state index in [-0.39, 0.29) is 5.78 Å². The first-order valence-corrected chi connectivity index (χ1v) is 8.46.